The van der Waals surface area contributed by atoms with Crippen LogP contribution in [0.1, 0.15) is 43.7 Å². The Hall–Kier alpha value is -2.08. The van der Waals surface area contributed by atoms with Gasteiger partial charge >= 0.3 is 0 Å². The lowest BCUT2D eigenvalue weighted by Crippen LogP contribution is -2.54. The molecule has 160 valence electrons. The van der Waals surface area contributed by atoms with Gasteiger partial charge in [-0.05, 0) is 32.3 Å². The van der Waals surface area contributed by atoms with Crippen molar-refractivity contribution in [3.63, 3.8) is 0 Å². The van der Waals surface area contributed by atoms with Crippen LogP contribution >= 0.6 is 0 Å². The minimum Gasteiger partial charge on any atom is -0.357 e. The van der Waals surface area contributed by atoms with Crippen LogP contribution in [0.5, 0.6) is 0 Å². The topological polar surface area (TPSA) is 51.2 Å². The van der Waals surface area contributed by atoms with Gasteiger partial charge in [-0.2, -0.15) is 0 Å². The number of benzene rings is 1. The Morgan fingerprint density at radius 3 is 2.48 bits per heavy atom. The molecule has 0 aromatic heterocycles. The third kappa shape index (κ3) is 6.20. The van der Waals surface area contributed by atoms with Crippen molar-refractivity contribution in [2.45, 2.75) is 39.5 Å². The molecule has 1 aromatic carbocycles. The predicted octanol–water partition coefficient (Wildman–Crippen LogP) is 2.30. The van der Waals surface area contributed by atoms with Crippen molar-refractivity contribution >= 4 is 11.9 Å². The SMILES string of the molecule is CCNC(=NCC(C)c1cccc(C)c1)N1CCN(CC(=O)N2CCCC2)CC1. The fraction of sp³-hybridized carbons (Fsp3) is 0.652. The summed E-state index contributed by atoms with van der Waals surface area (Å²) in [6, 6.07) is 8.70. The van der Waals surface area contributed by atoms with Gasteiger partial charge in [-0.1, -0.05) is 36.8 Å². The van der Waals surface area contributed by atoms with E-state index in [0.29, 0.717) is 18.4 Å². The maximum absolute atomic E-state index is 12.4. The largest absolute Gasteiger partial charge is 0.357 e. The van der Waals surface area contributed by atoms with Crippen molar-refractivity contribution in [2.75, 3.05) is 58.9 Å². The van der Waals surface area contributed by atoms with Crippen LogP contribution in [-0.2, 0) is 4.79 Å². The minimum absolute atomic E-state index is 0.295. The van der Waals surface area contributed by atoms with Crippen LogP contribution in [0.25, 0.3) is 0 Å². The molecule has 0 bridgehead atoms. The van der Waals surface area contributed by atoms with Gasteiger partial charge in [-0.3, -0.25) is 14.7 Å². The maximum atomic E-state index is 12.4. The van der Waals surface area contributed by atoms with E-state index in [-0.39, 0.29) is 0 Å². The molecule has 1 unspecified atom stereocenters. The van der Waals surface area contributed by atoms with Crippen molar-refractivity contribution in [1.82, 2.24) is 20.0 Å². The van der Waals surface area contributed by atoms with E-state index < -0.39 is 0 Å². The van der Waals surface area contributed by atoms with E-state index in [9.17, 15) is 4.79 Å². The van der Waals surface area contributed by atoms with Gasteiger partial charge in [0.25, 0.3) is 0 Å². The van der Waals surface area contributed by atoms with Gasteiger partial charge in [0.2, 0.25) is 5.91 Å². The molecule has 2 aliphatic heterocycles. The molecule has 29 heavy (non-hydrogen) atoms. The average molecular weight is 400 g/mol. The van der Waals surface area contributed by atoms with E-state index in [1.807, 2.05) is 4.90 Å². The van der Waals surface area contributed by atoms with Gasteiger partial charge < -0.3 is 15.1 Å². The highest BCUT2D eigenvalue weighted by atomic mass is 16.2. The smallest absolute Gasteiger partial charge is 0.236 e. The maximum Gasteiger partial charge on any atom is 0.236 e. The summed E-state index contributed by atoms with van der Waals surface area (Å²) in [5, 5.41) is 3.45. The summed E-state index contributed by atoms with van der Waals surface area (Å²) < 4.78 is 0. The van der Waals surface area contributed by atoms with Crippen molar-refractivity contribution in [3.05, 3.63) is 35.4 Å². The van der Waals surface area contributed by atoms with Crippen molar-refractivity contribution in [1.29, 1.82) is 0 Å². The highest BCUT2D eigenvalue weighted by Gasteiger charge is 2.24. The third-order valence-electron chi connectivity index (χ3n) is 5.95. The molecule has 0 radical (unpaired) electrons. The number of aryl methyl sites for hydroxylation is 1. The Morgan fingerprint density at radius 2 is 1.83 bits per heavy atom. The van der Waals surface area contributed by atoms with Crippen molar-refractivity contribution in [2.24, 2.45) is 4.99 Å². The molecule has 1 N–H and O–H groups in total. The number of nitrogens with zero attached hydrogens (tertiary/aromatic N) is 4. The molecule has 6 heteroatoms. The average Bonchev–Trinajstić information content (AvgIpc) is 3.27. The summed E-state index contributed by atoms with van der Waals surface area (Å²) in [5.74, 6) is 1.68. The Labute approximate surface area is 176 Å². The number of piperazine rings is 1. The standard InChI is InChI=1S/C23H37N5O/c1-4-24-23(25-17-20(3)21-9-7-8-19(2)16-21)28-14-12-26(13-15-28)18-22(29)27-10-5-6-11-27/h7-9,16,20H,4-6,10-15,17-18H2,1-3H3,(H,24,25). The number of aliphatic imine (C=N–C) groups is 1. The molecule has 2 aliphatic rings. The summed E-state index contributed by atoms with van der Waals surface area (Å²) >= 11 is 0. The second-order valence-electron chi connectivity index (χ2n) is 8.36. The fourth-order valence-corrected chi connectivity index (χ4v) is 4.11. The number of rotatable bonds is 6. The van der Waals surface area contributed by atoms with Crippen LogP contribution < -0.4 is 5.32 Å². The van der Waals surface area contributed by atoms with Gasteiger partial charge in [0.15, 0.2) is 5.96 Å². The molecule has 2 saturated heterocycles. The van der Waals surface area contributed by atoms with E-state index in [1.54, 1.807) is 0 Å². The van der Waals surface area contributed by atoms with Gasteiger partial charge in [0.05, 0.1) is 6.54 Å². The first kappa shape index (κ1) is 21.6. The monoisotopic (exact) mass is 399 g/mol. The first-order valence-electron chi connectivity index (χ1n) is 11.2. The zero-order valence-electron chi connectivity index (χ0n) is 18.4. The summed E-state index contributed by atoms with van der Waals surface area (Å²) in [7, 11) is 0. The van der Waals surface area contributed by atoms with Crippen LogP contribution in [-0.4, -0.2) is 85.5 Å². The van der Waals surface area contributed by atoms with E-state index >= 15 is 0 Å². The first-order chi connectivity index (χ1) is 14.1. The highest BCUT2D eigenvalue weighted by molar-refractivity contribution is 5.80. The third-order valence-corrected chi connectivity index (χ3v) is 5.95. The summed E-state index contributed by atoms with van der Waals surface area (Å²) in [4.78, 5) is 24.0. The van der Waals surface area contributed by atoms with Crippen LogP contribution in [0.3, 0.4) is 0 Å². The molecule has 1 atom stereocenters. The molecule has 1 amide bonds. The van der Waals surface area contributed by atoms with E-state index in [2.05, 4.69) is 60.2 Å². The Morgan fingerprint density at radius 1 is 1.10 bits per heavy atom. The number of hydrogen-bond donors (Lipinski definition) is 1. The summed E-state index contributed by atoms with van der Waals surface area (Å²) in [6.45, 7) is 14.2. The Kier molecular flexibility index (Phi) is 7.92. The molecule has 0 saturated carbocycles. The molecule has 2 heterocycles. The first-order valence-corrected chi connectivity index (χ1v) is 11.2. The van der Waals surface area contributed by atoms with E-state index in [0.717, 1.165) is 71.2 Å². The summed E-state index contributed by atoms with van der Waals surface area (Å²) in [6.07, 6.45) is 2.31. The Balaban J connectivity index is 1.51. The molecule has 0 aliphatic carbocycles. The van der Waals surface area contributed by atoms with Crippen LogP contribution in [0.2, 0.25) is 0 Å². The Bertz CT molecular complexity index is 690. The van der Waals surface area contributed by atoms with E-state index in [4.69, 9.17) is 4.99 Å². The zero-order valence-corrected chi connectivity index (χ0v) is 18.4. The lowest BCUT2D eigenvalue weighted by molar-refractivity contribution is -0.131. The molecule has 1 aromatic rings. The van der Waals surface area contributed by atoms with Gasteiger partial charge in [0.1, 0.15) is 0 Å². The summed E-state index contributed by atoms with van der Waals surface area (Å²) in [5.41, 5.74) is 2.64. The second kappa shape index (κ2) is 10.6. The normalized spacial score (nSPS) is 19.5. The molecule has 6 nitrogen and oxygen atoms in total. The quantitative estimate of drug-likeness (QED) is 0.589. The van der Waals surface area contributed by atoms with Gasteiger partial charge in [-0.15, -0.1) is 0 Å². The van der Waals surface area contributed by atoms with Crippen molar-refractivity contribution < 1.29 is 4.79 Å². The van der Waals surface area contributed by atoms with Crippen LogP contribution in [0.15, 0.2) is 29.3 Å². The minimum atomic E-state index is 0.295. The number of nitrogens with one attached hydrogen (secondary N) is 1. The van der Waals surface area contributed by atoms with Gasteiger partial charge in [-0.25, -0.2) is 0 Å². The lowest BCUT2D eigenvalue weighted by Gasteiger charge is -2.36. The number of carbonyl (C=O) groups is 1. The lowest BCUT2D eigenvalue weighted by atomic mass is 10.00. The molecule has 2 fully saturated rings. The highest BCUT2D eigenvalue weighted by Crippen LogP contribution is 2.17. The van der Waals surface area contributed by atoms with E-state index in [1.165, 1.54) is 11.1 Å². The predicted molar refractivity (Wildman–Crippen MR) is 119 cm³/mol. The molecule has 0 spiro atoms. The number of amides is 1. The van der Waals surface area contributed by atoms with Gasteiger partial charge in [0, 0.05) is 58.3 Å². The number of hydrogen-bond acceptors (Lipinski definition) is 3. The number of guanidine groups is 1. The molecule has 3 rings (SSSR count). The van der Waals surface area contributed by atoms with Crippen LogP contribution in [0.4, 0.5) is 0 Å². The molecular weight excluding hydrogens is 362 g/mol. The van der Waals surface area contributed by atoms with Crippen LogP contribution in [0, 0.1) is 6.92 Å². The van der Waals surface area contributed by atoms with Crippen molar-refractivity contribution in [3.8, 4) is 0 Å². The number of likely N-dealkylation sites (tertiary alicyclic amines) is 1. The fourth-order valence-electron chi connectivity index (χ4n) is 4.11. The molecular formula is C23H37N5O. The number of carbonyl (C=O) groups excluding carboxylic acids is 1. The zero-order chi connectivity index (χ0) is 20.6. The second-order valence-corrected chi connectivity index (χ2v) is 8.36.